The SMILES string of the molecule is O=C(N[C@H](c1ccccc1)c1ccc2nc(C(F)(F)F)[nH]c2c1)[C@@H]1Cc2ccccc2O1. The number of carbonyl (C=O) groups excluding carboxylic acids is 1. The first-order valence-corrected chi connectivity index (χ1v) is 10.1. The van der Waals surface area contributed by atoms with Crippen LogP contribution in [0.25, 0.3) is 11.0 Å². The fraction of sp³-hybridized carbons (Fsp3) is 0.167. The van der Waals surface area contributed by atoms with Gasteiger partial charge in [0, 0.05) is 6.42 Å². The second kappa shape index (κ2) is 7.71. The van der Waals surface area contributed by atoms with E-state index >= 15 is 0 Å². The van der Waals surface area contributed by atoms with E-state index in [0.29, 0.717) is 17.7 Å². The van der Waals surface area contributed by atoms with Crippen molar-refractivity contribution in [2.45, 2.75) is 24.7 Å². The third-order valence-electron chi connectivity index (χ3n) is 5.47. The van der Waals surface area contributed by atoms with E-state index in [4.69, 9.17) is 4.74 Å². The highest BCUT2D eigenvalue weighted by atomic mass is 19.4. The molecule has 2 heterocycles. The van der Waals surface area contributed by atoms with Crippen LogP contribution < -0.4 is 10.1 Å². The number of benzene rings is 3. The van der Waals surface area contributed by atoms with Gasteiger partial charge in [-0.3, -0.25) is 4.79 Å². The molecule has 32 heavy (non-hydrogen) atoms. The van der Waals surface area contributed by atoms with Crippen LogP contribution in [0.15, 0.2) is 72.8 Å². The van der Waals surface area contributed by atoms with Crippen LogP contribution in [0.5, 0.6) is 5.75 Å². The van der Waals surface area contributed by atoms with Crippen LogP contribution in [0.1, 0.15) is 28.6 Å². The van der Waals surface area contributed by atoms with Crippen LogP contribution in [0, 0.1) is 0 Å². The number of H-pyrrole nitrogens is 1. The number of aromatic amines is 1. The molecule has 2 N–H and O–H groups in total. The number of alkyl halides is 3. The maximum atomic E-state index is 13.1. The van der Waals surface area contributed by atoms with Crippen LogP contribution in [0.3, 0.4) is 0 Å². The molecule has 0 spiro atoms. The third-order valence-corrected chi connectivity index (χ3v) is 5.47. The first-order chi connectivity index (χ1) is 15.4. The lowest BCUT2D eigenvalue weighted by molar-refractivity contribution is -0.144. The van der Waals surface area contributed by atoms with Crippen molar-refractivity contribution in [1.29, 1.82) is 0 Å². The summed E-state index contributed by atoms with van der Waals surface area (Å²) >= 11 is 0. The van der Waals surface area contributed by atoms with Gasteiger partial charge < -0.3 is 15.0 Å². The molecule has 0 aliphatic carbocycles. The predicted molar refractivity (Wildman–Crippen MR) is 112 cm³/mol. The molecule has 8 heteroatoms. The molecule has 5 rings (SSSR count). The van der Waals surface area contributed by atoms with E-state index in [0.717, 1.165) is 11.1 Å². The van der Waals surface area contributed by atoms with Crippen LogP contribution in [-0.2, 0) is 17.4 Å². The van der Waals surface area contributed by atoms with E-state index in [2.05, 4.69) is 15.3 Å². The van der Waals surface area contributed by atoms with E-state index in [1.807, 2.05) is 54.6 Å². The number of nitrogens with zero attached hydrogens (tertiary/aromatic N) is 1. The summed E-state index contributed by atoms with van der Waals surface area (Å²) in [5, 5.41) is 3.01. The van der Waals surface area contributed by atoms with Gasteiger partial charge in [0.1, 0.15) is 5.75 Å². The number of aromatic nitrogens is 2. The minimum absolute atomic E-state index is 0.203. The van der Waals surface area contributed by atoms with Crippen LogP contribution in [-0.4, -0.2) is 22.0 Å². The van der Waals surface area contributed by atoms with Crippen molar-refractivity contribution in [3.63, 3.8) is 0 Å². The van der Waals surface area contributed by atoms with Crippen molar-refractivity contribution in [2.75, 3.05) is 0 Å². The van der Waals surface area contributed by atoms with Gasteiger partial charge in [0.05, 0.1) is 17.1 Å². The number of amides is 1. The minimum atomic E-state index is -4.57. The van der Waals surface area contributed by atoms with Crippen molar-refractivity contribution in [2.24, 2.45) is 0 Å². The molecule has 3 aromatic carbocycles. The Morgan fingerprint density at radius 1 is 1.03 bits per heavy atom. The molecule has 1 amide bonds. The largest absolute Gasteiger partial charge is 0.480 e. The van der Waals surface area contributed by atoms with Crippen LogP contribution >= 0.6 is 0 Å². The Labute approximate surface area is 181 Å². The molecule has 0 saturated heterocycles. The van der Waals surface area contributed by atoms with Gasteiger partial charge in [0.25, 0.3) is 5.91 Å². The molecule has 1 aliphatic rings. The average Bonchev–Trinajstić information content (AvgIpc) is 3.41. The number of hydrogen-bond donors (Lipinski definition) is 2. The average molecular weight is 437 g/mol. The maximum Gasteiger partial charge on any atom is 0.449 e. The van der Waals surface area contributed by atoms with Gasteiger partial charge in [-0.15, -0.1) is 0 Å². The topological polar surface area (TPSA) is 67.0 Å². The number of imidazole rings is 1. The number of fused-ring (bicyclic) bond motifs is 2. The van der Waals surface area contributed by atoms with E-state index in [1.165, 1.54) is 6.07 Å². The lowest BCUT2D eigenvalue weighted by Gasteiger charge is -2.22. The lowest BCUT2D eigenvalue weighted by atomic mass is 9.97. The highest BCUT2D eigenvalue weighted by Gasteiger charge is 2.35. The number of halogens is 3. The van der Waals surface area contributed by atoms with Crippen molar-refractivity contribution < 1.29 is 22.7 Å². The van der Waals surface area contributed by atoms with Gasteiger partial charge >= 0.3 is 6.18 Å². The summed E-state index contributed by atoms with van der Waals surface area (Å²) in [6, 6.07) is 20.9. The van der Waals surface area contributed by atoms with Crippen LogP contribution in [0.2, 0.25) is 0 Å². The second-order valence-corrected chi connectivity index (χ2v) is 7.63. The summed E-state index contributed by atoms with van der Waals surface area (Å²) in [6.45, 7) is 0. The van der Waals surface area contributed by atoms with Crippen molar-refractivity contribution in [1.82, 2.24) is 15.3 Å². The quantitative estimate of drug-likeness (QED) is 0.482. The molecule has 162 valence electrons. The van der Waals surface area contributed by atoms with Crippen molar-refractivity contribution in [3.05, 3.63) is 95.3 Å². The first-order valence-electron chi connectivity index (χ1n) is 10.1. The monoisotopic (exact) mass is 437 g/mol. The molecule has 0 radical (unpaired) electrons. The number of carbonyl (C=O) groups is 1. The highest BCUT2D eigenvalue weighted by molar-refractivity contribution is 5.84. The standard InChI is InChI=1S/C24H18F3N3O2/c25-24(26,27)23-28-17-11-10-16(12-18(17)29-23)21(14-6-2-1-3-7-14)30-22(31)20-13-15-8-4-5-9-19(15)32-20/h1-12,20-21H,13H2,(H,28,29)(H,30,31)/t20-,21+/m0/s1. The van der Waals surface area contributed by atoms with E-state index in [9.17, 15) is 18.0 Å². The molecule has 4 aromatic rings. The van der Waals surface area contributed by atoms with Gasteiger partial charge in [-0.1, -0.05) is 54.6 Å². The normalized spacial score (nSPS) is 16.4. The molecule has 2 atom stereocenters. The summed E-state index contributed by atoms with van der Waals surface area (Å²) in [4.78, 5) is 19.0. The second-order valence-electron chi connectivity index (χ2n) is 7.63. The summed E-state index contributed by atoms with van der Waals surface area (Å²) in [6.07, 6.45) is -4.79. The zero-order chi connectivity index (χ0) is 22.3. The fourth-order valence-corrected chi connectivity index (χ4v) is 3.91. The third kappa shape index (κ3) is 3.79. The summed E-state index contributed by atoms with van der Waals surface area (Å²) in [5.74, 6) is -0.666. The summed E-state index contributed by atoms with van der Waals surface area (Å²) in [5.41, 5.74) is 2.84. The number of nitrogens with one attached hydrogen (secondary N) is 2. The van der Waals surface area contributed by atoms with Crippen LogP contribution in [0.4, 0.5) is 13.2 Å². The van der Waals surface area contributed by atoms with Gasteiger partial charge in [0.2, 0.25) is 5.82 Å². The van der Waals surface area contributed by atoms with E-state index in [-0.39, 0.29) is 16.9 Å². The van der Waals surface area contributed by atoms with Gasteiger partial charge in [-0.05, 0) is 34.9 Å². The van der Waals surface area contributed by atoms with Gasteiger partial charge in [-0.2, -0.15) is 13.2 Å². The molecule has 1 aromatic heterocycles. The molecular weight excluding hydrogens is 419 g/mol. The molecular formula is C24H18F3N3O2. The van der Waals surface area contributed by atoms with Gasteiger partial charge in [0.15, 0.2) is 6.10 Å². The minimum Gasteiger partial charge on any atom is -0.480 e. The Morgan fingerprint density at radius 2 is 1.78 bits per heavy atom. The summed E-state index contributed by atoms with van der Waals surface area (Å²) in [7, 11) is 0. The Hall–Kier alpha value is -3.81. The Kier molecular flexibility index (Phi) is 4.84. The lowest BCUT2D eigenvalue weighted by Crippen LogP contribution is -2.40. The van der Waals surface area contributed by atoms with Crippen molar-refractivity contribution in [3.8, 4) is 5.75 Å². The zero-order valence-electron chi connectivity index (χ0n) is 16.7. The number of hydrogen-bond acceptors (Lipinski definition) is 3. The number of ether oxygens (including phenoxy) is 1. The predicted octanol–water partition coefficient (Wildman–Crippen LogP) is 4.79. The van der Waals surface area contributed by atoms with E-state index < -0.39 is 24.1 Å². The smallest absolute Gasteiger partial charge is 0.449 e. The fourth-order valence-electron chi connectivity index (χ4n) is 3.91. The molecule has 1 aliphatic heterocycles. The molecule has 5 nitrogen and oxygen atoms in total. The molecule has 0 unspecified atom stereocenters. The first kappa shape index (κ1) is 20.1. The molecule has 0 fully saturated rings. The van der Waals surface area contributed by atoms with E-state index in [1.54, 1.807) is 12.1 Å². The Balaban J connectivity index is 1.46. The Bertz CT molecular complexity index is 1260. The molecule has 0 bridgehead atoms. The number of para-hydroxylation sites is 1. The van der Waals surface area contributed by atoms with Gasteiger partial charge in [-0.25, -0.2) is 4.98 Å². The number of rotatable bonds is 4. The Morgan fingerprint density at radius 3 is 2.53 bits per heavy atom. The summed E-state index contributed by atoms with van der Waals surface area (Å²) < 4.78 is 44.9. The zero-order valence-corrected chi connectivity index (χ0v) is 16.7. The van der Waals surface area contributed by atoms with Crippen molar-refractivity contribution >= 4 is 16.9 Å². The maximum absolute atomic E-state index is 13.1. The highest BCUT2D eigenvalue weighted by Crippen LogP contribution is 2.32. The molecule has 0 saturated carbocycles.